The summed E-state index contributed by atoms with van der Waals surface area (Å²) in [5.74, 6) is 0.516. The first kappa shape index (κ1) is 18.8. The molecule has 4 rings (SSSR count). The Balaban J connectivity index is 1.50. The van der Waals surface area contributed by atoms with Crippen molar-refractivity contribution in [3.05, 3.63) is 95.6 Å². The van der Waals surface area contributed by atoms with E-state index in [2.05, 4.69) is 18.2 Å². The van der Waals surface area contributed by atoms with E-state index in [1.54, 1.807) is 14.0 Å². The van der Waals surface area contributed by atoms with Crippen molar-refractivity contribution in [2.24, 2.45) is 0 Å². The fourth-order valence-corrected chi connectivity index (χ4v) is 3.44. The molecule has 0 aliphatic carbocycles. The van der Waals surface area contributed by atoms with E-state index in [9.17, 15) is 4.79 Å². The molecule has 0 bridgehead atoms. The SMILES string of the molecule is COc1ccc2cc(C=C(C)C(=O)OCc3cccc4ccccc34)ccc2c1. The summed E-state index contributed by atoms with van der Waals surface area (Å²) >= 11 is 0. The maximum Gasteiger partial charge on any atom is 0.334 e. The van der Waals surface area contributed by atoms with Gasteiger partial charge in [0.2, 0.25) is 0 Å². The summed E-state index contributed by atoms with van der Waals surface area (Å²) in [4.78, 5) is 12.5. The van der Waals surface area contributed by atoms with Gasteiger partial charge in [0.05, 0.1) is 7.11 Å². The standard InChI is InChI=1S/C26H22O3/c1-18(14-19-10-11-22-16-24(28-2)13-12-21(22)15-19)26(27)29-17-23-8-5-7-20-6-3-4-9-25(20)23/h3-16H,17H2,1-2H3. The Bertz CT molecular complexity index is 1220. The highest BCUT2D eigenvalue weighted by Gasteiger charge is 2.08. The fourth-order valence-electron chi connectivity index (χ4n) is 3.44. The maximum absolute atomic E-state index is 12.5. The number of hydrogen-bond donors (Lipinski definition) is 0. The van der Waals surface area contributed by atoms with E-state index in [1.165, 1.54) is 0 Å². The van der Waals surface area contributed by atoms with Crippen molar-refractivity contribution in [3.63, 3.8) is 0 Å². The van der Waals surface area contributed by atoms with Gasteiger partial charge in [-0.25, -0.2) is 4.79 Å². The van der Waals surface area contributed by atoms with Crippen LogP contribution in [0.3, 0.4) is 0 Å². The highest BCUT2D eigenvalue weighted by Crippen LogP contribution is 2.23. The van der Waals surface area contributed by atoms with Crippen molar-refractivity contribution >= 4 is 33.6 Å². The van der Waals surface area contributed by atoms with Gasteiger partial charge in [-0.05, 0) is 63.9 Å². The summed E-state index contributed by atoms with van der Waals surface area (Å²) in [5.41, 5.74) is 2.53. The van der Waals surface area contributed by atoms with Crippen LogP contribution in [0, 0.1) is 0 Å². The first-order chi connectivity index (χ1) is 14.1. The molecule has 144 valence electrons. The molecule has 0 saturated carbocycles. The highest BCUT2D eigenvalue weighted by atomic mass is 16.5. The van der Waals surface area contributed by atoms with E-state index in [0.29, 0.717) is 5.57 Å². The van der Waals surface area contributed by atoms with E-state index in [-0.39, 0.29) is 12.6 Å². The van der Waals surface area contributed by atoms with Gasteiger partial charge in [-0.1, -0.05) is 60.7 Å². The Morgan fingerprint density at radius 3 is 2.48 bits per heavy atom. The van der Waals surface area contributed by atoms with Crippen LogP contribution < -0.4 is 4.74 Å². The normalized spacial score (nSPS) is 11.6. The number of carbonyl (C=O) groups excluding carboxylic acids is 1. The Kier molecular flexibility index (Phi) is 5.30. The Morgan fingerprint density at radius 1 is 0.862 bits per heavy atom. The first-order valence-electron chi connectivity index (χ1n) is 9.54. The lowest BCUT2D eigenvalue weighted by Gasteiger charge is -2.09. The highest BCUT2D eigenvalue weighted by molar-refractivity contribution is 5.94. The molecule has 0 heterocycles. The third kappa shape index (κ3) is 4.14. The number of benzene rings is 4. The summed E-state index contributed by atoms with van der Waals surface area (Å²) in [7, 11) is 1.66. The van der Waals surface area contributed by atoms with Gasteiger partial charge in [0, 0.05) is 5.57 Å². The van der Waals surface area contributed by atoms with Crippen LogP contribution >= 0.6 is 0 Å². The smallest absolute Gasteiger partial charge is 0.334 e. The lowest BCUT2D eigenvalue weighted by Crippen LogP contribution is -2.06. The number of fused-ring (bicyclic) bond motifs is 2. The van der Waals surface area contributed by atoms with Crippen molar-refractivity contribution in [2.45, 2.75) is 13.5 Å². The minimum Gasteiger partial charge on any atom is -0.497 e. The van der Waals surface area contributed by atoms with E-state index >= 15 is 0 Å². The van der Waals surface area contributed by atoms with E-state index in [1.807, 2.05) is 66.7 Å². The first-order valence-corrected chi connectivity index (χ1v) is 9.54. The minimum absolute atomic E-state index is 0.253. The second kappa shape index (κ2) is 8.19. The molecule has 0 spiro atoms. The molecule has 0 aliphatic heterocycles. The molecule has 0 atom stereocenters. The van der Waals surface area contributed by atoms with E-state index in [4.69, 9.17) is 9.47 Å². The van der Waals surface area contributed by atoms with Gasteiger partial charge in [-0.3, -0.25) is 0 Å². The van der Waals surface area contributed by atoms with Gasteiger partial charge >= 0.3 is 5.97 Å². The van der Waals surface area contributed by atoms with Gasteiger partial charge in [0.25, 0.3) is 0 Å². The predicted octanol–water partition coefficient (Wildman–Crippen LogP) is 6.15. The quantitative estimate of drug-likeness (QED) is 0.307. The van der Waals surface area contributed by atoms with Gasteiger partial charge in [0.15, 0.2) is 0 Å². The van der Waals surface area contributed by atoms with Crippen LogP contribution in [0.5, 0.6) is 5.75 Å². The Morgan fingerprint density at radius 2 is 1.62 bits per heavy atom. The zero-order valence-corrected chi connectivity index (χ0v) is 16.5. The van der Waals surface area contributed by atoms with Crippen LogP contribution in [0.25, 0.3) is 27.6 Å². The molecular weight excluding hydrogens is 360 g/mol. The molecule has 0 fully saturated rings. The molecule has 0 aliphatic rings. The third-order valence-corrected chi connectivity index (χ3v) is 5.02. The number of ether oxygens (including phenoxy) is 2. The van der Waals surface area contributed by atoms with Crippen LogP contribution in [-0.2, 0) is 16.1 Å². The van der Waals surface area contributed by atoms with Gasteiger partial charge in [-0.2, -0.15) is 0 Å². The average molecular weight is 382 g/mol. The van der Waals surface area contributed by atoms with Crippen molar-refractivity contribution in [3.8, 4) is 5.75 Å². The summed E-state index contributed by atoms with van der Waals surface area (Å²) in [6.45, 7) is 2.03. The van der Waals surface area contributed by atoms with Crippen LogP contribution in [-0.4, -0.2) is 13.1 Å². The summed E-state index contributed by atoms with van der Waals surface area (Å²) in [6.07, 6.45) is 1.86. The van der Waals surface area contributed by atoms with Crippen molar-refractivity contribution < 1.29 is 14.3 Å². The molecule has 0 unspecified atom stereocenters. The van der Waals surface area contributed by atoms with Crippen LogP contribution in [0.4, 0.5) is 0 Å². The molecule has 29 heavy (non-hydrogen) atoms. The monoisotopic (exact) mass is 382 g/mol. The minimum atomic E-state index is -0.312. The fraction of sp³-hybridized carbons (Fsp3) is 0.115. The largest absolute Gasteiger partial charge is 0.497 e. The number of carbonyl (C=O) groups is 1. The Labute approximate surface area is 170 Å². The number of rotatable bonds is 5. The molecule has 4 aromatic rings. The van der Waals surface area contributed by atoms with Gasteiger partial charge < -0.3 is 9.47 Å². The maximum atomic E-state index is 12.5. The lowest BCUT2D eigenvalue weighted by molar-refractivity contribution is -0.140. The summed E-state index contributed by atoms with van der Waals surface area (Å²) in [6, 6.07) is 26.1. The second-order valence-corrected chi connectivity index (χ2v) is 7.01. The summed E-state index contributed by atoms with van der Waals surface area (Å²) < 4.78 is 10.8. The molecule has 3 nitrogen and oxygen atoms in total. The average Bonchev–Trinajstić information content (AvgIpc) is 2.77. The number of esters is 1. The zero-order valence-electron chi connectivity index (χ0n) is 16.5. The van der Waals surface area contributed by atoms with Crippen LogP contribution in [0.15, 0.2) is 84.4 Å². The summed E-state index contributed by atoms with van der Waals surface area (Å²) in [5, 5.41) is 4.43. The zero-order chi connectivity index (χ0) is 20.2. The van der Waals surface area contributed by atoms with Crippen LogP contribution in [0.2, 0.25) is 0 Å². The molecule has 3 heteroatoms. The molecule has 0 aromatic heterocycles. The number of methoxy groups -OCH3 is 1. The second-order valence-electron chi connectivity index (χ2n) is 7.01. The predicted molar refractivity (Wildman–Crippen MR) is 118 cm³/mol. The molecule has 0 N–H and O–H groups in total. The molecule has 0 saturated heterocycles. The number of hydrogen-bond acceptors (Lipinski definition) is 3. The molecule has 0 amide bonds. The van der Waals surface area contributed by atoms with Gasteiger partial charge in [-0.15, -0.1) is 0 Å². The molecule has 0 radical (unpaired) electrons. The van der Waals surface area contributed by atoms with Crippen molar-refractivity contribution in [1.82, 2.24) is 0 Å². The van der Waals surface area contributed by atoms with Crippen molar-refractivity contribution in [2.75, 3.05) is 7.11 Å². The van der Waals surface area contributed by atoms with Crippen LogP contribution in [0.1, 0.15) is 18.1 Å². The van der Waals surface area contributed by atoms with Gasteiger partial charge in [0.1, 0.15) is 12.4 Å². The molecule has 4 aromatic carbocycles. The molecular formula is C26H22O3. The topological polar surface area (TPSA) is 35.5 Å². The third-order valence-electron chi connectivity index (χ3n) is 5.02. The van der Waals surface area contributed by atoms with E-state index in [0.717, 1.165) is 38.4 Å². The Hall–Kier alpha value is -3.59. The lowest BCUT2D eigenvalue weighted by atomic mass is 10.0. The van der Waals surface area contributed by atoms with E-state index < -0.39 is 0 Å². The van der Waals surface area contributed by atoms with Crippen molar-refractivity contribution in [1.29, 1.82) is 0 Å².